The molecule has 2 aromatic rings. The molecular formula is C16H21N3. The number of fused-ring (bicyclic) bond motifs is 1. The largest absolute Gasteiger partial charge is 0.312 e. The number of rotatable bonds is 3. The van der Waals surface area contributed by atoms with Crippen molar-refractivity contribution < 1.29 is 0 Å². The number of aromatic nitrogens is 2. The molecule has 0 saturated heterocycles. The number of hydrogen-bond acceptors (Lipinski definition) is 2. The minimum absolute atomic E-state index is 0.539. The van der Waals surface area contributed by atoms with Crippen LogP contribution in [0.4, 0.5) is 0 Å². The van der Waals surface area contributed by atoms with Crippen molar-refractivity contribution in [3.8, 4) is 5.69 Å². The molecule has 0 aliphatic carbocycles. The van der Waals surface area contributed by atoms with Gasteiger partial charge < -0.3 is 9.88 Å². The first-order chi connectivity index (χ1) is 9.29. The average Bonchev–Trinajstić information content (AvgIpc) is 2.95. The number of imidazole rings is 1. The van der Waals surface area contributed by atoms with Gasteiger partial charge in [-0.1, -0.05) is 19.9 Å². The summed E-state index contributed by atoms with van der Waals surface area (Å²) in [6.45, 7) is 6.55. The molecule has 0 fully saturated rings. The summed E-state index contributed by atoms with van der Waals surface area (Å²) in [7, 11) is 0. The van der Waals surface area contributed by atoms with Crippen molar-refractivity contribution in [2.75, 3.05) is 6.54 Å². The summed E-state index contributed by atoms with van der Waals surface area (Å²) in [5.74, 6) is 0.539. The van der Waals surface area contributed by atoms with Crippen LogP contribution in [-0.2, 0) is 13.0 Å². The quantitative estimate of drug-likeness (QED) is 0.913. The van der Waals surface area contributed by atoms with E-state index in [1.807, 2.05) is 12.5 Å². The zero-order valence-electron chi connectivity index (χ0n) is 11.7. The molecule has 1 aromatic heterocycles. The van der Waals surface area contributed by atoms with Crippen LogP contribution >= 0.6 is 0 Å². The summed E-state index contributed by atoms with van der Waals surface area (Å²) in [4.78, 5) is 4.33. The third-order valence-electron chi connectivity index (χ3n) is 4.14. The normalized spacial score (nSPS) is 16.1. The fraction of sp³-hybridized carbons (Fsp3) is 0.438. The number of hydrogen-bond donors (Lipinski definition) is 1. The van der Waals surface area contributed by atoms with Gasteiger partial charge in [0.1, 0.15) is 0 Å². The van der Waals surface area contributed by atoms with Gasteiger partial charge in [0.15, 0.2) is 0 Å². The van der Waals surface area contributed by atoms with E-state index in [0.29, 0.717) is 5.92 Å². The zero-order chi connectivity index (χ0) is 13.2. The molecule has 3 heteroatoms. The van der Waals surface area contributed by atoms with Crippen molar-refractivity contribution >= 4 is 0 Å². The van der Waals surface area contributed by atoms with E-state index >= 15 is 0 Å². The van der Waals surface area contributed by atoms with E-state index in [-0.39, 0.29) is 0 Å². The molecule has 1 unspecified atom stereocenters. The van der Waals surface area contributed by atoms with Crippen molar-refractivity contribution in [2.24, 2.45) is 0 Å². The molecule has 0 bridgehead atoms. The molecule has 0 saturated carbocycles. The Balaban J connectivity index is 2.00. The van der Waals surface area contributed by atoms with Crippen molar-refractivity contribution in [1.82, 2.24) is 14.9 Å². The van der Waals surface area contributed by atoms with Crippen LogP contribution in [0.2, 0.25) is 0 Å². The molecule has 0 amide bonds. The second-order valence-corrected chi connectivity index (χ2v) is 5.38. The fourth-order valence-corrected chi connectivity index (χ4v) is 2.71. The minimum atomic E-state index is 0.539. The predicted molar refractivity (Wildman–Crippen MR) is 77.7 cm³/mol. The lowest BCUT2D eigenvalue weighted by Crippen LogP contribution is -2.23. The van der Waals surface area contributed by atoms with Crippen LogP contribution in [0.3, 0.4) is 0 Å². The molecule has 1 N–H and O–H groups in total. The van der Waals surface area contributed by atoms with Gasteiger partial charge >= 0.3 is 0 Å². The van der Waals surface area contributed by atoms with Gasteiger partial charge in [0, 0.05) is 24.1 Å². The highest BCUT2D eigenvalue weighted by atomic mass is 15.1. The van der Waals surface area contributed by atoms with Gasteiger partial charge in [-0.2, -0.15) is 0 Å². The molecule has 19 heavy (non-hydrogen) atoms. The van der Waals surface area contributed by atoms with E-state index in [9.17, 15) is 0 Å². The van der Waals surface area contributed by atoms with Crippen molar-refractivity contribution in [2.45, 2.75) is 39.2 Å². The predicted octanol–water partition coefficient (Wildman–Crippen LogP) is 3.03. The lowest BCUT2D eigenvalue weighted by atomic mass is 10.00. The Morgan fingerprint density at radius 2 is 2.26 bits per heavy atom. The topological polar surface area (TPSA) is 29.9 Å². The van der Waals surface area contributed by atoms with Gasteiger partial charge in [0.05, 0.1) is 6.33 Å². The highest BCUT2D eigenvalue weighted by Gasteiger charge is 2.13. The standard InChI is InChI=1S/C16H21N3/c1-3-12(2)16-10-18-11-19(16)15-5-4-13-6-7-17-9-14(13)8-15/h4-5,8,10-12,17H,3,6-7,9H2,1-2H3. The lowest BCUT2D eigenvalue weighted by Gasteiger charge is -2.19. The van der Waals surface area contributed by atoms with E-state index in [1.165, 1.54) is 22.5 Å². The molecule has 3 nitrogen and oxygen atoms in total. The Morgan fingerprint density at radius 3 is 3.11 bits per heavy atom. The summed E-state index contributed by atoms with van der Waals surface area (Å²) in [5, 5.41) is 3.44. The Morgan fingerprint density at radius 1 is 1.37 bits per heavy atom. The first-order valence-corrected chi connectivity index (χ1v) is 7.14. The van der Waals surface area contributed by atoms with Gasteiger partial charge in [-0.05, 0) is 48.6 Å². The van der Waals surface area contributed by atoms with Crippen molar-refractivity contribution in [3.63, 3.8) is 0 Å². The Bertz CT molecular complexity index is 571. The molecule has 100 valence electrons. The zero-order valence-corrected chi connectivity index (χ0v) is 11.7. The number of nitrogens with one attached hydrogen (secondary N) is 1. The highest BCUT2D eigenvalue weighted by Crippen LogP contribution is 2.24. The van der Waals surface area contributed by atoms with Gasteiger partial charge in [-0.25, -0.2) is 4.98 Å². The lowest BCUT2D eigenvalue weighted by molar-refractivity contribution is 0.642. The first-order valence-electron chi connectivity index (χ1n) is 7.14. The molecule has 0 spiro atoms. The Hall–Kier alpha value is -1.61. The summed E-state index contributed by atoms with van der Waals surface area (Å²) in [6, 6.07) is 6.79. The van der Waals surface area contributed by atoms with Gasteiger partial charge in [-0.3, -0.25) is 0 Å². The van der Waals surface area contributed by atoms with Crippen LogP contribution in [0.1, 0.15) is 43.0 Å². The smallest absolute Gasteiger partial charge is 0.0994 e. The second-order valence-electron chi connectivity index (χ2n) is 5.38. The van der Waals surface area contributed by atoms with Gasteiger partial charge in [0.2, 0.25) is 0 Å². The fourth-order valence-electron chi connectivity index (χ4n) is 2.71. The average molecular weight is 255 g/mol. The Labute approximate surface area is 114 Å². The van der Waals surface area contributed by atoms with Crippen molar-refractivity contribution in [3.05, 3.63) is 47.5 Å². The summed E-state index contributed by atoms with van der Waals surface area (Å²) in [5.41, 5.74) is 5.43. The van der Waals surface area contributed by atoms with E-state index in [4.69, 9.17) is 0 Å². The maximum Gasteiger partial charge on any atom is 0.0994 e. The van der Waals surface area contributed by atoms with Crippen LogP contribution in [-0.4, -0.2) is 16.1 Å². The maximum absolute atomic E-state index is 4.33. The van der Waals surface area contributed by atoms with Crippen LogP contribution in [0.25, 0.3) is 5.69 Å². The van der Waals surface area contributed by atoms with Crippen LogP contribution in [0.15, 0.2) is 30.7 Å². The molecule has 1 aliphatic rings. The van der Waals surface area contributed by atoms with Crippen LogP contribution < -0.4 is 5.32 Å². The summed E-state index contributed by atoms with van der Waals surface area (Å²) in [6.07, 6.45) is 6.20. The van der Waals surface area contributed by atoms with Crippen LogP contribution in [0.5, 0.6) is 0 Å². The van der Waals surface area contributed by atoms with Crippen LogP contribution in [0, 0.1) is 0 Å². The summed E-state index contributed by atoms with van der Waals surface area (Å²) < 4.78 is 2.23. The molecule has 1 aliphatic heterocycles. The number of benzene rings is 1. The molecule has 0 radical (unpaired) electrons. The SMILES string of the molecule is CCC(C)c1cncn1-c1ccc2c(c1)CNCC2. The van der Waals surface area contributed by atoms with E-state index in [1.54, 1.807) is 0 Å². The van der Waals surface area contributed by atoms with E-state index < -0.39 is 0 Å². The van der Waals surface area contributed by atoms with E-state index in [2.05, 4.69) is 46.9 Å². The molecule has 2 heterocycles. The highest BCUT2D eigenvalue weighted by molar-refractivity contribution is 5.43. The first kappa shape index (κ1) is 12.4. The molecule has 1 aromatic carbocycles. The van der Waals surface area contributed by atoms with Gasteiger partial charge in [0.25, 0.3) is 0 Å². The second kappa shape index (κ2) is 5.17. The third kappa shape index (κ3) is 2.30. The maximum atomic E-state index is 4.33. The van der Waals surface area contributed by atoms with Gasteiger partial charge in [-0.15, -0.1) is 0 Å². The molecule has 1 atom stereocenters. The number of nitrogens with zero attached hydrogens (tertiary/aromatic N) is 2. The Kier molecular flexibility index (Phi) is 3.38. The third-order valence-corrected chi connectivity index (χ3v) is 4.14. The van der Waals surface area contributed by atoms with E-state index in [0.717, 1.165) is 25.9 Å². The summed E-state index contributed by atoms with van der Waals surface area (Å²) >= 11 is 0. The monoisotopic (exact) mass is 255 g/mol. The van der Waals surface area contributed by atoms with Crippen molar-refractivity contribution in [1.29, 1.82) is 0 Å². The minimum Gasteiger partial charge on any atom is -0.312 e. The molecule has 3 rings (SSSR count). The molecular weight excluding hydrogens is 234 g/mol.